The Morgan fingerprint density at radius 1 is 1.17 bits per heavy atom. The van der Waals surface area contributed by atoms with Gasteiger partial charge >= 0.3 is 0 Å². The van der Waals surface area contributed by atoms with Gasteiger partial charge in [-0.25, -0.2) is 4.98 Å². The third-order valence-corrected chi connectivity index (χ3v) is 3.57. The second kappa shape index (κ2) is 6.02. The van der Waals surface area contributed by atoms with E-state index in [1.165, 1.54) is 6.39 Å². The van der Waals surface area contributed by atoms with Crippen LogP contribution in [0.15, 0.2) is 41.4 Å². The molecule has 4 rings (SSSR count). The van der Waals surface area contributed by atoms with E-state index in [0.29, 0.717) is 22.7 Å². The van der Waals surface area contributed by atoms with Crippen molar-refractivity contribution < 1.29 is 24.5 Å². The van der Waals surface area contributed by atoms with E-state index in [4.69, 9.17) is 4.42 Å². The Bertz CT molecular complexity index is 955. The molecule has 3 aromatic heterocycles. The molecule has 1 aromatic carbocycles. The molecule has 0 fully saturated rings. The summed E-state index contributed by atoms with van der Waals surface area (Å²) in [5, 5.41) is 8.23. The zero-order chi connectivity index (χ0) is 15.1. The number of nitrogens with zero attached hydrogens (tertiary/aromatic N) is 5. The molecule has 0 atom stereocenters. The standard InChI is InChI=1S/C16H12N5O.Ir/c1-10-4-3-5-11(2)14(10)21-8-18-20-16(21)12-6-7-13-15(19-12)17-9-22-13;/h3-5,7-9H,1-2H3;/q-1;. The van der Waals surface area contributed by atoms with E-state index in [-0.39, 0.29) is 20.1 Å². The minimum Gasteiger partial charge on any atom is -0.503 e. The van der Waals surface area contributed by atoms with E-state index in [9.17, 15) is 0 Å². The number of fused-ring (bicyclic) bond motifs is 1. The molecular formula is C16H12IrN5O-. The summed E-state index contributed by atoms with van der Waals surface area (Å²) in [6, 6.07) is 10.9. The molecule has 3 heterocycles. The van der Waals surface area contributed by atoms with Crippen molar-refractivity contribution in [2.24, 2.45) is 0 Å². The Morgan fingerprint density at radius 2 is 1.96 bits per heavy atom. The van der Waals surface area contributed by atoms with Gasteiger partial charge in [0.15, 0.2) is 6.39 Å². The molecule has 0 spiro atoms. The normalized spacial score (nSPS) is 10.7. The number of benzene rings is 1. The Labute approximate surface area is 145 Å². The average Bonchev–Trinajstić information content (AvgIpc) is 3.15. The van der Waals surface area contributed by atoms with Crippen LogP contribution < -0.4 is 0 Å². The van der Waals surface area contributed by atoms with Crippen LogP contribution in [0.3, 0.4) is 0 Å². The first kappa shape index (κ1) is 15.5. The molecule has 6 nitrogen and oxygen atoms in total. The van der Waals surface area contributed by atoms with Gasteiger partial charge in [-0.05, 0) is 30.7 Å². The molecule has 0 N–H and O–H groups in total. The molecule has 7 heteroatoms. The SMILES string of the molecule is Cc1cccc(C)c1-n1cnnc1-c1[c-]cc2ocnc2n1.[Ir]. The maximum atomic E-state index is 5.20. The zero-order valence-electron chi connectivity index (χ0n) is 12.4. The summed E-state index contributed by atoms with van der Waals surface area (Å²) in [6.45, 7) is 4.12. The van der Waals surface area contributed by atoms with Gasteiger partial charge in [-0.1, -0.05) is 18.2 Å². The van der Waals surface area contributed by atoms with Crippen LogP contribution in [0, 0.1) is 19.9 Å². The van der Waals surface area contributed by atoms with Crippen molar-refractivity contribution in [2.75, 3.05) is 0 Å². The summed E-state index contributed by atoms with van der Waals surface area (Å²) in [5.74, 6) is 0.627. The largest absolute Gasteiger partial charge is 0.503 e. The van der Waals surface area contributed by atoms with Crippen molar-refractivity contribution in [3.8, 4) is 17.2 Å². The van der Waals surface area contributed by atoms with Crippen LogP contribution in [0.5, 0.6) is 0 Å². The predicted octanol–water partition coefficient (Wildman–Crippen LogP) is 2.89. The van der Waals surface area contributed by atoms with Gasteiger partial charge in [-0.15, -0.1) is 12.1 Å². The quantitative estimate of drug-likeness (QED) is 0.411. The van der Waals surface area contributed by atoms with Crippen molar-refractivity contribution in [2.45, 2.75) is 13.8 Å². The number of pyridine rings is 1. The number of aromatic nitrogens is 5. The molecule has 0 aliphatic heterocycles. The number of oxazole rings is 1. The molecular weight excluding hydrogens is 470 g/mol. The first-order chi connectivity index (χ1) is 10.7. The summed E-state index contributed by atoms with van der Waals surface area (Å²) in [5.41, 5.74) is 5.05. The number of hydrogen-bond donors (Lipinski definition) is 0. The van der Waals surface area contributed by atoms with Gasteiger partial charge in [-0.3, -0.25) is 4.98 Å². The van der Waals surface area contributed by atoms with Crippen LogP contribution >= 0.6 is 0 Å². The molecule has 0 saturated heterocycles. The minimum absolute atomic E-state index is 0. The van der Waals surface area contributed by atoms with E-state index >= 15 is 0 Å². The Hall–Kier alpha value is -2.37. The molecule has 0 bridgehead atoms. The van der Waals surface area contributed by atoms with Crippen molar-refractivity contribution in [1.82, 2.24) is 24.7 Å². The van der Waals surface area contributed by atoms with E-state index in [1.807, 2.05) is 10.6 Å². The average molecular weight is 483 g/mol. The fourth-order valence-electron chi connectivity index (χ4n) is 2.56. The molecule has 0 aliphatic carbocycles. The van der Waals surface area contributed by atoms with Crippen LogP contribution in [-0.2, 0) is 20.1 Å². The monoisotopic (exact) mass is 483 g/mol. The van der Waals surface area contributed by atoms with E-state index in [2.05, 4.69) is 52.2 Å². The Kier molecular flexibility index (Phi) is 4.07. The van der Waals surface area contributed by atoms with Crippen molar-refractivity contribution >= 4 is 11.2 Å². The molecule has 117 valence electrons. The van der Waals surface area contributed by atoms with Crippen molar-refractivity contribution in [3.63, 3.8) is 0 Å². The van der Waals surface area contributed by atoms with Gasteiger partial charge in [0.05, 0.1) is 11.4 Å². The fourth-order valence-corrected chi connectivity index (χ4v) is 2.56. The first-order valence-corrected chi connectivity index (χ1v) is 6.83. The van der Waals surface area contributed by atoms with Crippen LogP contribution in [0.4, 0.5) is 0 Å². The maximum Gasteiger partial charge on any atom is 0.168 e. The predicted molar refractivity (Wildman–Crippen MR) is 80.5 cm³/mol. The van der Waals surface area contributed by atoms with Crippen LogP contribution in [0.2, 0.25) is 0 Å². The van der Waals surface area contributed by atoms with Crippen molar-refractivity contribution in [1.29, 1.82) is 0 Å². The maximum absolute atomic E-state index is 5.20. The number of rotatable bonds is 2. The van der Waals surface area contributed by atoms with Gasteiger partial charge in [-0.2, -0.15) is 10.2 Å². The van der Waals surface area contributed by atoms with Crippen LogP contribution in [0.25, 0.3) is 28.4 Å². The summed E-state index contributed by atoms with van der Waals surface area (Å²) >= 11 is 0. The summed E-state index contributed by atoms with van der Waals surface area (Å²) < 4.78 is 7.12. The molecule has 1 radical (unpaired) electrons. The van der Waals surface area contributed by atoms with E-state index < -0.39 is 0 Å². The van der Waals surface area contributed by atoms with Gasteiger partial charge in [0.1, 0.15) is 12.0 Å². The fraction of sp³-hybridized carbons (Fsp3) is 0.125. The Balaban J connectivity index is 0.00000156. The number of para-hydroxylation sites is 1. The third kappa shape index (κ3) is 2.58. The number of aryl methyl sites for hydroxylation is 2. The summed E-state index contributed by atoms with van der Waals surface area (Å²) in [7, 11) is 0. The smallest absolute Gasteiger partial charge is 0.168 e. The Morgan fingerprint density at radius 3 is 2.74 bits per heavy atom. The summed E-state index contributed by atoms with van der Waals surface area (Å²) in [6.07, 6.45) is 3.05. The van der Waals surface area contributed by atoms with Gasteiger partial charge < -0.3 is 8.98 Å². The first-order valence-electron chi connectivity index (χ1n) is 6.83. The zero-order valence-corrected chi connectivity index (χ0v) is 14.8. The summed E-state index contributed by atoms with van der Waals surface area (Å²) in [4.78, 5) is 8.51. The molecule has 0 unspecified atom stereocenters. The van der Waals surface area contributed by atoms with Gasteiger partial charge in [0, 0.05) is 25.8 Å². The molecule has 4 aromatic rings. The molecule has 23 heavy (non-hydrogen) atoms. The molecule has 0 aliphatic rings. The van der Waals surface area contributed by atoms with Crippen molar-refractivity contribution in [3.05, 3.63) is 54.2 Å². The second-order valence-corrected chi connectivity index (χ2v) is 5.05. The minimum atomic E-state index is 0. The number of hydrogen-bond acceptors (Lipinski definition) is 5. The van der Waals surface area contributed by atoms with Crippen LogP contribution in [0.1, 0.15) is 11.1 Å². The van der Waals surface area contributed by atoms with Gasteiger partial charge in [0.2, 0.25) is 0 Å². The van der Waals surface area contributed by atoms with Gasteiger partial charge in [0.25, 0.3) is 0 Å². The second-order valence-electron chi connectivity index (χ2n) is 5.05. The third-order valence-electron chi connectivity index (χ3n) is 3.57. The van der Waals surface area contributed by atoms with E-state index in [1.54, 1.807) is 12.4 Å². The molecule has 0 saturated carbocycles. The van der Waals surface area contributed by atoms with Crippen LogP contribution in [-0.4, -0.2) is 24.7 Å². The van der Waals surface area contributed by atoms with E-state index in [0.717, 1.165) is 16.8 Å². The topological polar surface area (TPSA) is 69.6 Å². The molecule has 0 amide bonds.